The van der Waals surface area contributed by atoms with Gasteiger partial charge in [0, 0.05) is 12.7 Å². The van der Waals surface area contributed by atoms with Crippen molar-refractivity contribution < 1.29 is 14.2 Å². The van der Waals surface area contributed by atoms with Crippen LogP contribution in [0.2, 0.25) is 0 Å². The predicted molar refractivity (Wildman–Crippen MR) is 76.6 cm³/mol. The van der Waals surface area contributed by atoms with Crippen LogP contribution < -0.4 is 4.74 Å². The van der Waals surface area contributed by atoms with Gasteiger partial charge in [-0.1, -0.05) is 36.4 Å². The summed E-state index contributed by atoms with van der Waals surface area (Å²) in [5.41, 5.74) is 3.42. The molecular weight excluding hydrogens is 252 g/mol. The second-order valence-electron chi connectivity index (χ2n) is 4.90. The molecule has 1 saturated heterocycles. The molecule has 0 saturated carbocycles. The van der Waals surface area contributed by atoms with Crippen LogP contribution in [0.1, 0.15) is 22.8 Å². The van der Waals surface area contributed by atoms with Crippen molar-refractivity contribution in [2.24, 2.45) is 0 Å². The monoisotopic (exact) mass is 270 g/mol. The van der Waals surface area contributed by atoms with Gasteiger partial charge in [0.1, 0.15) is 18.5 Å². The average Bonchev–Trinajstić information content (AvgIpc) is 3.32. The predicted octanol–water partition coefficient (Wildman–Crippen LogP) is 3.48. The van der Waals surface area contributed by atoms with Crippen LogP contribution in [0, 0.1) is 0 Å². The number of rotatable bonds is 6. The van der Waals surface area contributed by atoms with E-state index in [1.807, 2.05) is 24.3 Å². The lowest BCUT2D eigenvalue weighted by molar-refractivity contribution is 0.179. The van der Waals surface area contributed by atoms with Crippen LogP contribution in [0.4, 0.5) is 0 Å². The van der Waals surface area contributed by atoms with E-state index in [0.29, 0.717) is 13.2 Å². The standard InChI is InChI=1S/C17H18O3/c1-18-11-15-9-14(17-12-20-17)7-8-16(15)19-10-13-5-3-2-4-6-13/h2-9,17H,10-12H2,1H3/t17-/m0/s1. The van der Waals surface area contributed by atoms with Crippen LogP contribution in [0.3, 0.4) is 0 Å². The minimum absolute atomic E-state index is 0.258. The minimum atomic E-state index is 0.258. The summed E-state index contributed by atoms with van der Waals surface area (Å²) in [6, 6.07) is 16.3. The number of hydrogen-bond donors (Lipinski definition) is 0. The van der Waals surface area contributed by atoms with Gasteiger partial charge in [0.15, 0.2) is 0 Å². The highest BCUT2D eigenvalue weighted by Crippen LogP contribution is 2.33. The van der Waals surface area contributed by atoms with Crippen molar-refractivity contribution >= 4 is 0 Å². The highest BCUT2D eigenvalue weighted by atomic mass is 16.6. The van der Waals surface area contributed by atoms with Crippen LogP contribution in [0.15, 0.2) is 48.5 Å². The molecule has 0 radical (unpaired) electrons. The topological polar surface area (TPSA) is 31.0 Å². The van der Waals surface area contributed by atoms with E-state index in [0.717, 1.165) is 23.5 Å². The number of benzene rings is 2. The summed E-state index contributed by atoms with van der Waals surface area (Å²) < 4.78 is 16.5. The second-order valence-corrected chi connectivity index (χ2v) is 4.90. The third kappa shape index (κ3) is 3.18. The van der Waals surface area contributed by atoms with Crippen LogP contribution >= 0.6 is 0 Å². The van der Waals surface area contributed by atoms with Crippen LogP contribution in [-0.2, 0) is 22.7 Å². The molecule has 1 heterocycles. The second kappa shape index (κ2) is 6.07. The zero-order valence-corrected chi connectivity index (χ0v) is 11.5. The molecule has 3 nitrogen and oxygen atoms in total. The third-order valence-corrected chi connectivity index (χ3v) is 3.33. The maximum Gasteiger partial charge on any atom is 0.125 e. The highest BCUT2D eigenvalue weighted by Gasteiger charge is 2.25. The molecule has 0 bridgehead atoms. The largest absolute Gasteiger partial charge is 0.489 e. The lowest BCUT2D eigenvalue weighted by Gasteiger charge is -2.12. The first-order valence-electron chi connectivity index (χ1n) is 6.77. The molecule has 0 unspecified atom stereocenters. The van der Waals surface area contributed by atoms with Crippen molar-refractivity contribution in [2.75, 3.05) is 13.7 Å². The van der Waals surface area contributed by atoms with E-state index >= 15 is 0 Å². The minimum Gasteiger partial charge on any atom is -0.489 e. The number of methoxy groups -OCH3 is 1. The van der Waals surface area contributed by atoms with Gasteiger partial charge in [0.05, 0.1) is 13.2 Å². The summed E-state index contributed by atoms with van der Waals surface area (Å²) in [7, 11) is 1.70. The summed E-state index contributed by atoms with van der Waals surface area (Å²) in [4.78, 5) is 0. The zero-order valence-electron chi connectivity index (χ0n) is 11.5. The number of epoxide rings is 1. The summed E-state index contributed by atoms with van der Waals surface area (Å²) in [6.07, 6.45) is 0.258. The Balaban J connectivity index is 1.74. The van der Waals surface area contributed by atoms with Gasteiger partial charge in [-0.15, -0.1) is 0 Å². The highest BCUT2D eigenvalue weighted by molar-refractivity contribution is 5.38. The van der Waals surface area contributed by atoms with Crippen molar-refractivity contribution in [3.8, 4) is 5.75 Å². The van der Waals surface area contributed by atoms with E-state index in [4.69, 9.17) is 14.2 Å². The van der Waals surface area contributed by atoms with Gasteiger partial charge in [0.25, 0.3) is 0 Å². The number of ether oxygens (including phenoxy) is 3. The fraction of sp³-hybridized carbons (Fsp3) is 0.294. The van der Waals surface area contributed by atoms with E-state index in [1.54, 1.807) is 7.11 Å². The molecule has 0 N–H and O–H groups in total. The summed E-state index contributed by atoms with van der Waals surface area (Å²) in [6.45, 7) is 1.93. The first kappa shape index (κ1) is 13.2. The Bertz CT molecular complexity index is 562. The molecule has 2 aromatic rings. The van der Waals surface area contributed by atoms with Gasteiger partial charge in [0.2, 0.25) is 0 Å². The van der Waals surface area contributed by atoms with E-state index in [9.17, 15) is 0 Å². The molecule has 3 rings (SSSR count). The molecule has 0 aromatic heterocycles. The SMILES string of the molecule is COCc1cc([C@@H]2CO2)ccc1OCc1ccccc1. The molecular formula is C17H18O3. The van der Waals surface area contributed by atoms with Gasteiger partial charge < -0.3 is 14.2 Å². The van der Waals surface area contributed by atoms with Gasteiger partial charge in [-0.3, -0.25) is 0 Å². The average molecular weight is 270 g/mol. The smallest absolute Gasteiger partial charge is 0.125 e. The first-order chi connectivity index (χ1) is 9.86. The van der Waals surface area contributed by atoms with E-state index in [1.165, 1.54) is 5.56 Å². The lowest BCUT2D eigenvalue weighted by Crippen LogP contribution is -2.00. The van der Waals surface area contributed by atoms with Crippen molar-refractivity contribution in [3.05, 3.63) is 65.2 Å². The van der Waals surface area contributed by atoms with E-state index in [2.05, 4.69) is 24.3 Å². The van der Waals surface area contributed by atoms with Crippen molar-refractivity contribution in [1.82, 2.24) is 0 Å². The molecule has 0 aliphatic carbocycles. The fourth-order valence-electron chi connectivity index (χ4n) is 2.18. The van der Waals surface area contributed by atoms with E-state index in [-0.39, 0.29) is 6.10 Å². The Morgan fingerprint density at radius 3 is 2.60 bits per heavy atom. The molecule has 0 spiro atoms. The molecule has 2 aromatic carbocycles. The lowest BCUT2D eigenvalue weighted by atomic mass is 10.1. The zero-order chi connectivity index (χ0) is 13.8. The summed E-state index contributed by atoms with van der Waals surface area (Å²) in [5, 5.41) is 0. The van der Waals surface area contributed by atoms with Crippen LogP contribution in [0.25, 0.3) is 0 Å². The first-order valence-corrected chi connectivity index (χ1v) is 6.77. The molecule has 1 fully saturated rings. The Morgan fingerprint density at radius 1 is 1.10 bits per heavy atom. The normalized spacial score (nSPS) is 16.9. The quantitative estimate of drug-likeness (QED) is 0.753. The molecule has 1 aliphatic heterocycles. The van der Waals surface area contributed by atoms with Crippen molar-refractivity contribution in [1.29, 1.82) is 0 Å². The maximum absolute atomic E-state index is 5.91. The van der Waals surface area contributed by atoms with Gasteiger partial charge in [-0.05, 0) is 23.3 Å². The Morgan fingerprint density at radius 2 is 1.90 bits per heavy atom. The molecule has 104 valence electrons. The van der Waals surface area contributed by atoms with Gasteiger partial charge >= 0.3 is 0 Å². The Hall–Kier alpha value is -1.84. The third-order valence-electron chi connectivity index (χ3n) is 3.33. The van der Waals surface area contributed by atoms with Gasteiger partial charge in [-0.25, -0.2) is 0 Å². The molecule has 0 amide bonds. The molecule has 3 heteroatoms. The van der Waals surface area contributed by atoms with E-state index < -0.39 is 0 Å². The summed E-state index contributed by atoms with van der Waals surface area (Å²) in [5.74, 6) is 0.875. The van der Waals surface area contributed by atoms with Gasteiger partial charge in [-0.2, -0.15) is 0 Å². The van der Waals surface area contributed by atoms with Crippen LogP contribution in [-0.4, -0.2) is 13.7 Å². The number of hydrogen-bond acceptors (Lipinski definition) is 3. The Labute approximate surface area is 119 Å². The Kier molecular flexibility index (Phi) is 4.00. The maximum atomic E-state index is 5.91. The van der Waals surface area contributed by atoms with Crippen LogP contribution in [0.5, 0.6) is 5.75 Å². The van der Waals surface area contributed by atoms with Crippen molar-refractivity contribution in [3.63, 3.8) is 0 Å². The molecule has 1 atom stereocenters. The molecule has 1 aliphatic rings. The van der Waals surface area contributed by atoms with Crippen molar-refractivity contribution in [2.45, 2.75) is 19.3 Å². The molecule has 20 heavy (non-hydrogen) atoms. The fourth-order valence-corrected chi connectivity index (χ4v) is 2.18. The summed E-state index contributed by atoms with van der Waals surface area (Å²) >= 11 is 0.